The van der Waals surface area contributed by atoms with E-state index in [2.05, 4.69) is 59.4 Å². The molecule has 2 aromatic rings. The number of fused-ring (bicyclic) bond motifs is 3. The second-order valence-electron chi connectivity index (χ2n) is 20.6. The zero-order valence-corrected chi connectivity index (χ0v) is 39.4. The monoisotopic (exact) mass is 931 g/mol. The molecule has 0 saturated carbocycles. The third-order valence-corrected chi connectivity index (χ3v) is 16.5. The number of aliphatic hydroxyl groups excluding tert-OH is 2. The highest BCUT2D eigenvalue weighted by molar-refractivity contribution is 5.81. The molecule has 2 aromatic heterocycles. The van der Waals surface area contributed by atoms with Crippen LogP contribution >= 0.6 is 0 Å². The summed E-state index contributed by atoms with van der Waals surface area (Å²) in [4.78, 5) is 23.2. The number of hydroxylamine groups is 3. The number of aliphatic hydroxyl groups is 2. The molecule has 16 nitrogen and oxygen atoms in total. The summed E-state index contributed by atoms with van der Waals surface area (Å²) in [5.41, 5.74) is 5.13. The maximum atomic E-state index is 14.7. The summed E-state index contributed by atoms with van der Waals surface area (Å²) >= 11 is 0. The van der Waals surface area contributed by atoms with Gasteiger partial charge in [0.2, 0.25) is 5.91 Å². The maximum absolute atomic E-state index is 14.7. The van der Waals surface area contributed by atoms with Gasteiger partial charge in [0, 0.05) is 113 Å². The van der Waals surface area contributed by atoms with Gasteiger partial charge in [-0.2, -0.15) is 10.2 Å². The predicted octanol–water partition coefficient (Wildman–Crippen LogP) is 3.32. The van der Waals surface area contributed by atoms with Crippen molar-refractivity contribution in [2.24, 2.45) is 13.0 Å². The molecule has 4 N–H and O–H groups in total. The van der Waals surface area contributed by atoms with E-state index in [0.717, 1.165) is 122 Å². The van der Waals surface area contributed by atoms with Crippen LogP contribution in [-0.2, 0) is 24.8 Å². The van der Waals surface area contributed by atoms with E-state index in [4.69, 9.17) is 5.10 Å². The second kappa shape index (κ2) is 19.9. The third kappa shape index (κ3) is 9.59. The number of allylic oxidation sites excluding steroid dienone is 4. The maximum Gasteiger partial charge on any atom is 0.264 e. The first-order valence-corrected chi connectivity index (χ1v) is 25.3. The van der Waals surface area contributed by atoms with Crippen LogP contribution in [-0.4, -0.2) is 182 Å². The fraction of sp³-hybridized carbons (Fsp3) is 0.694. The van der Waals surface area contributed by atoms with Crippen molar-refractivity contribution < 1.29 is 28.4 Å². The molecule has 10 rings (SSSR count). The Kier molecular flexibility index (Phi) is 13.9. The van der Waals surface area contributed by atoms with Gasteiger partial charge in [-0.1, -0.05) is 36.0 Å². The number of carbonyl (C=O) groups is 1. The van der Waals surface area contributed by atoms with Gasteiger partial charge < -0.3 is 45.4 Å². The number of unbranched alkanes of at least 4 members (excludes halogenated alkanes) is 1. The molecule has 1 amide bonds. The van der Waals surface area contributed by atoms with E-state index in [1.54, 1.807) is 17.0 Å². The highest BCUT2D eigenvalue weighted by Crippen LogP contribution is 2.43. The van der Waals surface area contributed by atoms with Gasteiger partial charge in [0.25, 0.3) is 6.43 Å². The zero-order valence-electron chi connectivity index (χ0n) is 39.4. The number of amides is 1. The molecule has 7 atom stereocenters. The van der Waals surface area contributed by atoms with E-state index in [0.29, 0.717) is 44.6 Å². The number of likely N-dealkylation sites (N-methyl/N-ethyl adjacent to an activating group) is 1. The summed E-state index contributed by atoms with van der Waals surface area (Å²) in [5.74, 6) is 0.873. The number of quaternary nitrogens is 1. The number of hydrogen-bond acceptors (Lipinski definition) is 12. The van der Waals surface area contributed by atoms with Crippen LogP contribution in [0.2, 0.25) is 0 Å². The Bertz CT molecular complexity index is 2210. The number of halogens is 2. The average molecular weight is 931 g/mol. The lowest BCUT2D eigenvalue weighted by molar-refractivity contribution is -0.886. The summed E-state index contributed by atoms with van der Waals surface area (Å²) in [6.45, 7) is 10.4. The number of carbonyl (C=O) groups excluding carboxylic acids is 1. The second-order valence-corrected chi connectivity index (χ2v) is 20.6. The molecule has 0 radical (unpaired) electrons. The molecule has 8 aliphatic rings. The van der Waals surface area contributed by atoms with E-state index in [-0.39, 0.29) is 52.3 Å². The summed E-state index contributed by atoms with van der Waals surface area (Å²) in [7, 11) is 3.76. The quantitative estimate of drug-likeness (QED) is 0.125. The van der Waals surface area contributed by atoms with Gasteiger partial charge in [0.05, 0.1) is 56.0 Å². The van der Waals surface area contributed by atoms with E-state index in [1.807, 2.05) is 30.1 Å². The van der Waals surface area contributed by atoms with Gasteiger partial charge in [0.15, 0.2) is 12.2 Å². The van der Waals surface area contributed by atoms with Crippen LogP contribution in [0.3, 0.4) is 0 Å². The largest absolute Gasteiger partial charge is 0.633 e. The first-order chi connectivity index (χ1) is 32.4. The van der Waals surface area contributed by atoms with E-state index >= 15 is 0 Å². The molecule has 18 heteroatoms. The molecule has 67 heavy (non-hydrogen) atoms. The van der Waals surface area contributed by atoms with Crippen molar-refractivity contribution in [2.45, 2.75) is 126 Å². The SMILES string of the molecule is CN1C2C(CCCN3CCN(CCCC[N+]4([O-])CCC(n5nc(N6CCCC7C=C(c8cnn(C)c8)C(C(F)F)=CC76)c6c5CCNC6)CC4)CC3)=CC=CC2N(C2CCC(=O)NC2O)C1O. The van der Waals surface area contributed by atoms with Crippen LogP contribution < -0.4 is 15.5 Å². The summed E-state index contributed by atoms with van der Waals surface area (Å²) in [6.07, 6.45) is 18.5. The summed E-state index contributed by atoms with van der Waals surface area (Å²) in [6, 6.07) is -0.387. The summed E-state index contributed by atoms with van der Waals surface area (Å²) in [5, 5.41) is 51.8. The first kappa shape index (κ1) is 46.9. The predicted molar refractivity (Wildman–Crippen MR) is 252 cm³/mol. The molecule has 5 fully saturated rings. The Hall–Kier alpha value is -3.85. The fourth-order valence-electron chi connectivity index (χ4n) is 12.8. The number of aryl methyl sites for hydroxylation is 1. The van der Waals surface area contributed by atoms with Gasteiger partial charge in [-0.25, -0.2) is 13.7 Å². The molecule has 0 bridgehead atoms. The number of alkyl halides is 2. The van der Waals surface area contributed by atoms with Crippen molar-refractivity contribution >= 4 is 17.3 Å². The molecule has 2 aliphatic carbocycles. The van der Waals surface area contributed by atoms with Crippen molar-refractivity contribution in [3.63, 3.8) is 0 Å². The lowest BCUT2D eigenvalue weighted by Crippen LogP contribution is -2.59. The Labute approximate surface area is 393 Å². The number of aromatic nitrogens is 4. The lowest BCUT2D eigenvalue weighted by Gasteiger charge is -2.47. The van der Waals surface area contributed by atoms with Crippen molar-refractivity contribution in [1.82, 2.24) is 49.8 Å². The van der Waals surface area contributed by atoms with Crippen molar-refractivity contribution in [1.29, 1.82) is 0 Å². The Balaban J connectivity index is 0.670. The van der Waals surface area contributed by atoms with Gasteiger partial charge in [-0.15, -0.1) is 0 Å². The molecule has 366 valence electrons. The molecule has 8 heterocycles. The van der Waals surface area contributed by atoms with E-state index in [9.17, 15) is 29.0 Å². The molecular formula is C49H72F2N12O4. The van der Waals surface area contributed by atoms with Crippen LogP contribution in [0.5, 0.6) is 0 Å². The topological polar surface area (TPSA) is 156 Å². The van der Waals surface area contributed by atoms with Crippen molar-refractivity contribution in [3.8, 4) is 0 Å². The number of nitrogens with zero attached hydrogens (tertiary/aromatic N) is 10. The van der Waals surface area contributed by atoms with Gasteiger partial charge in [0.1, 0.15) is 6.23 Å². The number of anilines is 1. The van der Waals surface area contributed by atoms with Crippen molar-refractivity contribution in [3.05, 3.63) is 75.9 Å². The normalized spacial score (nSPS) is 33.3. The van der Waals surface area contributed by atoms with E-state index in [1.165, 1.54) is 16.8 Å². The minimum Gasteiger partial charge on any atom is -0.633 e. The van der Waals surface area contributed by atoms with E-state index < -0.39 is 19.0 Å². The van der Waals surface area contributed by atoms with Crippen LogP contribution in [0.4, 0.5) is 14.6 Å². The Morgan fingerprint density at radius 2 is 1.73 bits per heavy atom. The minimum absolute atomic E-state index is 0.0320. The summed E-state index contributed by atoms with van der Waals surface area (Å²) < 4.78 is 33.1. The molecule has 5 saturated heterocycles. The van der Waals surface area contributed by atoms with Gasteiger partial charge in [-0.3, -0.25) is 19.1 Å². The zero-order chi connectivity index (χ0) is 46.4. The van der Waals surface area contributed by atoms with Crippen LogP contribution in [0.15, 0.2) is 53.9 Å². The number of likely N-dealkylation sites (tertiary alicyclic amines) is 1. The third-order valence-electron chi connectivity index (χ3n) is 16.5. The minimum atomic E-state index is -2.59. The van der Waals surface area contributed by atoms with Crippen molar-refractivity contribution in [2.75, 3.05) is 83.9 Å². The molecule has 0 aromatic carbocycles. The van der Waals surface area contributed by atoms with Gasteiger partial charge >= 0.3 is 0 Å². The number of rotatable bonds is 14. The van der Waals surface area contributed by atoms with Crippen LogP contribution in [0, 0.1) is 11.1 Å². The number of piperazine rings is 1. The number of nitrogens with one attached hydrogen (secondary N) is 2. The molecular weight excluding hydrogens is 859 g/mol. The average Bonchev–Trinajstić information content (AvgIpc) is 4.01. The first-order valence-electron chi connectivity index (χ1n) is 25.3. The Morgan fingerprint density at radius 3 is 2.46 bits per heavy atom. The highest BCUT2D eigenvalue weighted by atomic mass is 19.3. The number of hydrogen-bond donors (Lipinski definition) is 4. The Morgan fingerprint density at radius 1 is 0.955 bits per heavy atom. The lowest BCUT2D eigenvalue weighted by atomic mass is 9.79. The highest BCUT2D eigenvalue weighted by Gasteiger charge is 2.50. The van der Waals surface area contributed by atoms with Crippen LogP contribution in [0.25, 0.3) is 5.57 Å². The van der Waals surface area contributed by atoms with Gasteiger partial charge in [-0.05, 0) is 70.7 Å². The fourth-order valence-corrected chi connectivity index (χ4v) is 12.8. The molecule has 7 unspecified atom stereocenters. The molecule has 6 aliphatic heterocycles. The number of piperidine rings is 3. The van der Waals surface area contributed by atoms with Crippen LogP contribution in [0.1, 0.15) is 87.1 Å². The standard InChI is InChI=1S/C49H72F2N12O4/c1-56-32-35(30-53-56)37-28-34-10-7-20-60(43(34)29-38(37)46(50)51)47-39-31-52-17-14-40(39)62(55-47)36-15-26-63(67,27-16-36)25-4-3-18-58-21-23-59(24-22-58)19-6-9-33-8-5-11-41-45(33)57(2)49(66)61(41)42-12-13-44(64)54-48(42)65/h5,8,11,28-30,32,34,36,41-43,45-46,48-49,52,65-66H,3-4,6-7,9-10,12-27,31H2,1-2H3,(H,54,64). The molecule has 0 spiro atoms. The smallest absolute Gasteiger partial charge is 0.264 e.